The van der Waals surface area contributed by atoms with Crippen molar-refractivity contribution in [2.45, 2.75) is 19.1 Å². The van der Waals surface area contributed by atoms with Crippen LogP contribution in [0, 0.1) is 5.92 Å². The highest BCUT2D eigenvalue weighted by atomic mass is 16.5. The monoisotopic (exact) mass is 292 g/mol. The largest absolute Gasteiger partial charge is 0.379 e. The minimum atomic E-state index is -0.0831. The maximum atomic E-state index is 12.0. The van der Waals surface area contributed by atoms with Crippen molar-refractivity contribution in [3.63, 3.8) is 0 Å². The van der Waals surface area contributed by atoms with Gasteiger partial charge in [-0.3, -0.25) is 4.79 Å². The molecule has 2 N–H and O–H groups in total. The second-order valence-corrected chi connectivity index (χ2v) is 5.22. The van der Waals surface area contributed by atoms with E-state index in [1.807, 2.05) is 37.4 Å². The van der Waals surface area contributed by atoms with Crippen molar-refractivity contribution in [2.75, 3.05) is 33.4 Å². The first-order valence-electron chi connectivity index (χ1n) is 7.45. The summed E-state index contributed by atoms with van der Waals surface area (Å²) in [4.78, 5) is 12.0. The molecule has 0 radical (unpaired) electrons. The quantitative estimate of drug-likeness (QED) is 0.700. The Morgan fingerprint density at radius 3 is 2.90 bits per heavy atom. The number of nitrogens with one attached hydrogen (secondary N) is 2. The smallest absolute Gasteiger partial charge is 0.227 e. The van der Waals surface area contributed by atoms with Crippen molar-refractivity contribution in [2.24, 2.45) is 5.92 Å². The van der Waals surface area contributed by atoms with E-state index >= 15 is 0 Å². The predicted molar refractivity (Wildman–Crippen MR) is 80.9 cm³/mol. The molecule has 0 aliphatic carbocycles. The van der Waals surface area contributed by atoms with Gasteiger partial charge in [-0.2, -0.15) is 0 Å². The molecule has 1 aromatic carbocycles. The SMILES string of the molecule is CNC1COCC1C(=O)NCCCOCc1ccccc1. The summed E-state index contributed by atoms with van der Waals surface area (Å²) >= 11 is 0. The second kappa shape index (κ2) is 8.77. The van der Waals surface area contributed by atoms with E-state index in [9.17, 15) is 4.79 Å². The third kappa shape index (κ3) is 5.12. The van der Waals surface area contributed by atoms with Crippen molar-refractivity contribution < 1.29 is 14.3 Å². The Kier molecular flexibility index (Phi) is 6.66. The highest BCUT2D eigenvalue weighted by Gasteiger charge is 2.32. The van der Waals surface area contributed by atoms with Gasteiger partial charge in [0.25, 0.3) is 0 Å². The van der Waals surface area contributed by atoms with Gasteiger partial charge in [-0.15, -0.1) is 0 Å². The second-order valence-electron chi connectivity index (χ2n) is 5.22. The molecular formula is C16H24N2O3. The van der Waals surface area contributed by atoms with Gasteiger partial charge in [-0.25, -0.2) is 0 Å². The lowest BCUT2D eigenvalue weighted by Gasteiger charge is -2.16. The lowest BCUT2D eigenvalue weighted by Crippen LogP contribution is -2.42. The molecule has 1 aliphatic heterocycles. The van der Waals surface area contributed by atoms with Crippen molar-refractivity contribution in [3.8, 4) is 0 Å². The van der Waals surface area contributed by atoms with Gasteiger partial charge < -0.3 is 20.1 Å². The number of hydrogen-bond acceptors (Lipinski definition) is 4. The number of rotatable bonds is 8. The zero-order valence-corrected chi connectivity index (χ0v) is 12.5. The van der Waals surface area contributed by atoms with Crippen molar-refractivity contribution in [3.05, 3.63) is 35.9 Å². The molecule has 116 valence electrons. The molecule has 0 bridgehead atoms. The van der Waals surface area contributed by atoms with Crippen molar-refractivity contribution in [1.82, 2.24) is 10.6 Å². The Labute approximate surface area is 126 Å². The Balaban J connectivity index is 1.54. The third-order valence-electron chi connectivity index (χ3n) is 3.66. The molecule has 2 atom stereocenters. The van der Waals surface area contributed by atoms with E-state index in [0.717, 1.165) is 6.42 Å². The van der Waals surface area contributed by atoms with Crippen LogP contribution in [0.25, 0.3) is 0 Å². The fourth-order valence-electron chi connectivity index (χ4n) is 2.38. The van der Waals surface area contributed by atoms with Crippen LogP contribution in [-0.2, 0) is 20.9 Å². The van der Waals surface area contributed by atoms with E-state index < -0.39 is 0 Å². The van der Waals surface area contributed by atoms with Gasteiger partial charge in [-0.05, 0) is 19.0 Å². The summed E-state index contributed by atoms with van der Waals surface area (Å²) in [5.41, 5.74) is 1.17. The van der Waals surface area contributed by atoms with Crippen molar-refractivity contribution in [1.29, 1.82) is 0 Å². The number of carbonyl (C=O) groups excluding carboxylic acids is 1. The van der Waals surface area contributed by atoms with Crippen molar-refractivity contribution >= 4 is 5.91 Å². The first-order valence-corrected chi connectivity index (χ1v) is 7.45. The summed E-state index contributed by atoms with van der Waals surface area (Å²) in [6.45, 7) is 3.01. The molecule has 1 saturated heterocycles. The van der Waals surface area contributed by atoms with E-state index in [0.29, 0.717) is 33.0 Å². The Hall–Kier alpha value is -1.43. The Bertz CT molecular complexity index is 425. The number of amides is 1. The lowest BCUT2D eigenvalue weighted by molar-refractivity contribution is -0.125. The van der Waals surface area contributed by atoms with Gasteiger partial charge in [0.2, 0.25) is 5.91 Å². The summed E-state index contributed by atoms with van der Waals surface area (Å²) in [5, 5.41) is 6.06. The molecule has 5 nitrogen and oxygen atoms in total. The van der Waals surface area contributed by atoms with Crippen LogP contribution in [0.3, 0.4) is 0 Å². The zero-order valence-electron chi connectivity index (χ0n) is 12.5. The van der Waals surface area contributed by atoms with Gasteiger partial charge in [-0.1, -0.05) is 30.3 Å². The van der Waals surface area contributed by atoms with E-state index in [1.54, 1.807) is 0 Å². The predicted octanol–water partition coefficient (Wildman–Crippen LogP) is 0.944. The fourth-order valence-corrected chi connectivity index (χ4v) is 2.38. The first kappa shape index (κ1) is 15.9. The molecule has 5 heteroatoms. The summed E-state index contributed by atoms with van der Waals surface area (Å²) in [6, 6.07) is 10.2. The van der Waals surface area contributed by atoms with E-state index in [1.165, 1.54) is 5.56 Å². The third-order valence-corrected chi connectivity index (χ3v) is 3.66. The maximum absolute atomic E-state index is 12.0. The molecule has 1 aromatic rings. The standard InChI is InChI=1S/C16H24N2O3/c1-17-15-12-21-11-14(15)16(19)18-8-5-9-20-10-13-6-3-2-4-7-13/h2-4,6-7,14-15,17H,5,8-12H2,1H3,(H,18,19). The molecule has 0 saturated carbocycles. The minimum absolute atomic E-state index is 0.0647. The molecule has 1 aliphatic rings. The van der Waals surface area contributed by atoms with Crippen LogP contribution in [0.2, 0.25) is 0 Å². The molecule has 1 fully saturated rings. The summed E-state index contributed by atoms with van der Waals surface area (Å²) in [7, 11) is 1.86. The van der Waals surface area contributed by atoms with Crippen LogP contribution in [0.5, 0.6) is 0 Å². The van der Waals surface area contributed by atoms with Crippen LogP contribution in [0.4, 0.5) is 0 Å². The average molecular weight is 292 g/mol. The highest BCUT2D eigenvalue weighted by molar-refractivity contribution is 5.79. The molecule has 2 unspecified atom stereocenters. The highest BCUT2D eigenvalue weighted by Crippen LogP contribution is 2.13. The normalized spacial score (nSPS) is 21.4. The van der Waals surface area contributed by atoms with Gasteiger partial charge in [0.05, 0.1) is 25.7 Å². The van der Waals surface area contributed by atoms with Crippen LogP contribution in [0.1, 0.15) is 12.0 Å². The summed E-state index contributed by atoms with van der Waals surface area (Å²) < 4.78 is 10.9. The van der Waals surface area contributed by atoms with Crippen LogP contribution < -0.4 is 10.6 Å². The van der Waals surface area contributed by atoms with E-state index in [4.69, 9.17) is 9.47 Å². The number of benzene rings is 1. The summed E-state index contributed by atoms with van der Waals surface area (Å²) in [5.74, 6) is -0.0184. The van der Waals surface area contributed by atoms with Gasteiger partial charge in [0.15, 0.2) is 0 Å². The van der Waals surface area contributed by atoms with E-state index in [-0.39, 0.29) is 17.9 Å². The van der Waals surface area contributed by atoms with Crippen LogP contribution in [-0.4, -0.2) is 45.4 Å². The maximum Gasteiger partial charge on any atom is 0.227 e. The summed E-state index contributed by atoms with van der Waals surface area (Å²) in [6.07, 6.45) is 0.816. The topological polar surface area (TPSA) is 59.6 Å². The Morgan fingerprint density at radius 1 is 1.33 bits per heavy atom. The lowest BCUT2D eigenvalue weighted by atomic mass is 10.0. The fraction of sp³-hybridized carbons (Fsp3) is 0.562. The Morgan fingerprint density at radius 2 is 2.14 bits per heavy atom. The molecular weight excluding hydrogens is 268 g/mol. The molecule has 0 aromatic heterocycles. The van der Waals surface area contributed by atoms with Gasteiger partial charge in [0, 0.05) is 19.2 Å². The number of ether oxygens (including phenoxy) is 2. The van der Waals surface area contributed by atoms with Gasteiger partial charge >= 0.3 is 0 Å². The number of hydrogen-bond donors (Lipinski definition) is 2. The number of likely N-dealkylation sites (N-methyl/N-ethyl adjacent to an activating group) is 1. The van der Waals surface area contributed by atoms with Crippen LogP contribution in [0.15, 0.2) is 30.3 Å². The molecule has 21 heavy (non-hydrogen) atoms. The van der Waals surface area contributed by atoms with E-state index in [2.05, 4.69) is 10.6 Å². The van der Waals surface area contributed by atoms with Crippen LogP contribution >= 0.6 is 0 Å². The molecule has 1 heterocycles. The minimum Gasteiger partial charge on any atom is -0.379 e. The first-order chi connectivity index (χ1) is 10.3. The number of carbonyl (C=O) groups is 1. The molecule has 0 spiro atoms. The zero-order chi connectivity index (χ0) is 14.9. The molecule has 2 rings (SSSR count). The average Bonchev–Trinajstić information content (AvgIpc) is 3.00. The van der Waals surface area contributed by atoms with Gasteiger partial charge in [0.1, 0.15) is 0 Å². The molecule has 1 amide bonds.